The number of aryl methyl sites for hydroxylation is 2. The molecule has 0 aromatic carbocycles. The fourth-order valence-electron chi connectivity index (χ4n) is 3.97. The largest absolute Gasteiger partial charge is 0.353 e. The minimum Gasteiger partial charge on any atom is -0.353 e. The lowest BCUT2D eigenvalue weighted by Gasteiger charge is -2.22. The molecular formula is C21H27N5O2S2. The van der Waals surface area contributed by atoms with Crippen LogP contribution in [-0.4, -0.2) is 37.0 Å². The number of hydrogen-bond donors (Lipinski definition) is 1. The van der Waals surface area contributed by atoms with E-state index in [2.05, 4.69) is 10.4 Å². The second kappa shape index (κ2) is 9.34. The summed E-state index contributed by atoms with van der Waals surface area (Å²) in [6.07, 6.45) is 5.72. The van der Waals surface area contributed by atoms with Crippen LogP contribution in [0.1, 0.15) is 49.6 Å². The summed E-state index contributed by atoms with van der Waals surface area (Å²) in [5.74, 6) is 0.254. The van der Waals surface area contributed by atoms with Crippen molar-refractivity contribution >= 4 is 40.0 Å². The predicted molar refractivity (Wildman–Crippen MR) is 121 cm³/mol. The molecular weight excluding hydrogens is 418 g/mol. The molecule has 1 saturated carbocycles. The Labute approximate surface area is 183 Å². The molecule has 3 heterocycles. The Kier molecular flexibility index (Phi) is 6.58. The van der Waals surface area contributed by atoms with E-state index in [1.807, 2.05) is 31.4 Å². The van der Waals surface area contributed by atoms with E-state index in [1.165, 1.54) is 31.0 Å². The fraction of sp³-hybridized carbons (Fsp3) is 0.524. The second-order valence-electron chi connectivity index (χ2n) is 7.65. The first kappa shape index (κ1) is 21.1. The Hall–Kier alpha value is -2.13. The molecule has 0 aliphatic heterocycles. The molecule has 1 fully saturated rings. The monoisotopic (exact) mass is 445 g/mol. The number of carbonyl (C=O) groups is 1. The Morgan fingerprint density at radius 1 is 1.33 bits per heavy atom. The van der Waals surface area contributed by atoms with Crippen molar-refractivity contribution in [3.05, 3.63) is 38.4 Å². The Morgan fingerprint density at radius 3 is 2.83 bits per heavy atom. The molecule has 0 bridgehead atoms. The molecule has 1 amide bonds. The molecule has 0 saturated heterocycles. The highest BCUT2D eigenvalue weighted by Gasteiger charge is 2.20. The molecule has 7 nitrogen and oxygen atoms in total. The first-order chi connectivity index (χ1) is 14.6. The molecule has 3 aromatic heterocycles. The molecule has 4 rings (SSSR count). The molecule has 0 radical (unpaired) electrons. The van der Waals surface area contributed by atoms with Crippen molar-refractivity contribution in [2.45, 2.75) is 70.2 Å². The lowest BCUT2D eigenvalue weighted by molar-refractivity contribution is -0.119. The van der Waals surface area contributed by atoms with Crippen LogP contribution in [0.15, 0.2) is 27.5 Å². The van der Waals surface area contributed by atoms with Crippen LogP contribution in [0, 0.1) is 6.92 Å². The van der Waals surface area contributed by atoms with Crippen molar-refractivity contribution in [2.24, 2.45) is 0 Å². The summed E-state index contributed by atoms with van der Waals surface area (Å²) in [6.45, 7) is 4.89. The number of carbonyl (C=O) groups excluding carboxylic acids is 1. The van der Waals surface area contributed by atoms with Crippen molar-refractivity contribution in [1.29, 1.82) is 0 Å². The van der Waals surface area contributed by atoms with Gasteiger partial charge in [-0.15, -0.1) is 11.3 Å². The molecule has 3 aromatic rings. The number of fused-ring (bicyclic) bond motifs is 1. The van der Waals surface area contributed by atoms with Crippen LogP contribution in [0.2, 0.25) is 0 Å². The van der Waals surface area contributed by atoms with Gasteiger partial charge >= 0.3 is 0 Å². The maximum Gasteiger partial charge on any atom is 0.280 e. The molecule has 1 aliphatic carbocycles. The van der Waals surface area contributed by atoms with Crippen LogP contribution >= 0.6 is 23.1 Å². The van der Waals surface area contributed by atoms with Gasteiger partial charge in [-0.3, -0.25) is 18.8 Å². The van der Waals surface area contributed by atoms with Crippen molar-refractivity contribution < 1.29 is 4.79 Å². The van der Waals surface area contributed by atoms with E-state index in [-0.39, 0.29) is 23.3 Å². The normalized spacial score (nSPS) is 15.0. The zero-order valence-corrected chi connectivity index (χ0v) is 19.0. The number of thioether (sulfide) groups is 1. The average Bonchev–Trinajstić information content (AvgIpc) is 3.37. The van der Waals surface area contributed by atoms with E-state index in [0.29, 0.717) is 29.3 Å². The Balaban J connectivity index is 1.62. The van der Waals surface area contributed by atoms with Gasteiger partial charge < -0.3 is 5.32 Å². The zero-order chi connectivity index (χ0) is 21.1. The molecule has 30 heavy (non-hydrogen) atoms. The molecule has 0 atom stereocenters. The molecule has 0 unspecified atom stereocenters. The summed E-state index contributed by atoms with van der Waals surface area (Å²) >= 11 is 2.93. The fourth-order valence-corrected chi connectivity index (χ4v) is 5.47. The quantitative estimate of drug-likeness (QED) is 0.444. The lowest BCUT2D eigenvalue weighted by atomic mass is 9.95. The van der Waals surface area contributed by atoms with E-state index in [4.69, 9.17) is 4.98 Å². The number of rotatable bonds is 7. The first-order valence-electron chi connectivity index (χ1n) is 10.5. The minimum absolute atomic E-state index is 0.00453. The highest BCUT2D eigenvalue weighted by atomic mass is 32.2. The van der Waals surface area contributed by atoms with Gasteiger partial charge in [-0.1, -0.05) is 37.1 Å². The molecule has 1 aliphatic rings. The molecule has 9 heteroatoms. The van der Waals surface area contributed by atoms with Gasteiger partial charge in [0.2, 0.25) is 5.91 Å². The van der Waals surface area contributed by atoms with Crippen LogP contribution in [-0.2, 0) is 17.9 Å². The summed E-state index contributed by atoms with van der Waals surface area (Å²) in [5.41, 5.74) is 1.79. The number of nitrogens with one attached hydrogen (secondary N) is 1. The van der Waals surface area contributed by atoms with Gasteiger partial charge in [0.15, 0.2) is 10.7 Å². The summed E-state index contributed by atoms with van der Waals surface area (Å²) in [7, 11) is 0. The zero-order valence-electron chi connectivity index (χ0n) is 17.4. The van der Waals surface area contributed by atoms with E-state index in [0.717, 1.165) is 23.4 Å². The maximum atomic E-state index is 13.4. The van der Waals surface area contributed by atoms with Crippen LogP contribution in [0.25, 0.3) is 11.0 Å². The van der Waals surface area contributed by atoms with E-state index in [9.17, 15) is 9.59 Å². The third-order valence-electron chi connectivity index (χ3n) is 5.48. The van der Waals surface area contributed by atoms with Crippen molar-refractivity contribution in [3.8, 4) is 0 Å². The van der Waals surface area contributed by atoms with Gasteiger partial charge in [-0.25, -0.2) is 4.98 Å². The smallest absolute Gasteiger partial charge is 0.280 e. The third kappa shape index (κ3) is 4.46. The molecule has 1 N–H and O–H groups in total. The van der Waals surface area contributed by atoms with Gasteiger partial charge in [-0.05, 0) is 38.1 Å². The van der Waals surface area contributed by atoms with Gasteiger partial charge in [-0.2, -0.15) is 5.10 Å². The van der Waals surface area contributed by atoms with Crippen LogP contribution < -0.4 is 10.9 Å². The predicted octanol–water partition coefficient (Wildman–Crippen LogP) is 3.57. The van der Waals surface area contributed by atoms with Crippen LogP contribution in [0.3, 0.4) is 0 Å². The number of hydrogen-bond acceptors (Lipinski definition) is 6. The van der Waals surface area contributed by atoms with Crippen molar-refractivity contribution in [1.82, 2.24) is 24.6 Å². The maximum absolute atomic E-state index is 13.4. The average molecular weight is 446 g/mol. The Bertz CT molecular complexity index is 1080. The van der Waals surface area contributed by atoms with Crippen molar-refractivity contribution in [2.75, 3.05) is 5.75 Å². The number of aromatic nitrogens is 4. The van der Waals surface area contributed by atoms with E-state index in [1.54, 1.807) is 20.6 Å². The first-order valence-corrected chi connectivity index (χ1v) is 12.4. The van der Waals surface area contributed by atoms with Crippen LogP contribution in [0.5, 0.6) is 0 Å². The van der Waals surface area contributed by atoms with Crippen LogP contribution in [0.4, 0.5) is 0 Å². The standard InChI is InChI=1S/C21H27N5O2S2/c1-3-26-19-18(14(2)24-26)23-21(25(20(19)28)12-16-10-7-11-29-16)30-13-17(27)22-15-8-5-4-6-9-15/h7,10-11,15H,3-6,8-9,12-13H2,1-2H3,(H,22,27). The SMILES string of the molecule is CCn1nc(C)c2nc(SCC(=O)NC3CCCCC3)n(Cc3cccs3)c(=O)c21. The number of amides is 1. The molecule has 0 spiro atoms. The summed E-state index contributed by atoms with van der Waals surface area (Å²) < 4.78 is 3.40. The number of nitrogens with zero attached hydrogens (tertiary/aromatic N) is 4. The van der Waals surface area contributed by atoms with Gasteiger partial charge in [0.05, 0.1) is 18.0 Å². The van der Waals surface area contributed by atoms with Gasteiger partial charge in [0.25, 0.3) is 5.56 Å². The third-order valence-corrected chi connectivity index (χ3v) is 7.32. The summed E-state index contributed by atoms with van der Waals surface area (Å²) in [4.78, 5) is 31.7. The summed E-state index contributed by atoms with van der Waals surface area (Å²) in [5, 5.41) is 10.2. The highest BCUT2D eigenvalue weighted by Crippen LogP contribution is 2.22. The molecule has 160 valence electrons. The van der Waals surface area contributed by atoms with Crippen molar-refractivity contribution in [3.63, 3.8) is 0 Å². The van der Waals surface area contributed by atoms with E-state index < -0.39 is 0 Å². The van der Waals surface area contributed by atoms with Gasteiger partial charge in [0, 0.05) is 17.5 Å². The lowest BCUT2D eigenvalue weighted by Crippen LogP contribution is -2.37. The Morgan fingerprint density at radius 2 is 2.13 bits per heavy atom. The number of thiophene rings is 1. The summed E-state index contributed by atoms with van der Waals surface area (Å²) in [6, 6.07) is 4.26. The minimum atomic E-state index is -0.106. The highest BCUT2D eigenvalue weighted by molar-refractivity contribution is 7.99. The van der Waals surface area contributed by atoms with E-state index >= 15 is 0 Å². The second-order valence-corrected chi connectivity index (χ2v) is 9.63. The van der Waals surface area contributed by atoms with Gasteiger partial charge in [0.1, 0.15) is 5.52 Å². The topological polar surface area (TPSA) is 81.8 Å².